The van der Waals surface area contributed by atoms with E-state index in [1.807, 2.05) is 37.4 Å². The summed E-state index contributed by atoms with van der Waals surface area (Å²) in [7, 11) is 0. The summed E-state index contributed by atoms with van der Waals surface area (Å²) in [5.74, 6) is 0.849. The molecule has 1 N–H and O–H groups in total. The Morgan fingerprint density at radius 2 is 1.86 bits per heavy atom. The number of pyridine rings is 1. The molecule has 0 radical (unpaired) electrons. The lowest BCUT2D eigenvalue weighted by atomic mass is 10.0. The summed E-state index contributed by atoms with van der Waals surface area (Å²) in [6.07, 6.45) is 2.87. The zero-order chi connectivity index (χ0) is 14.7. The highest BCUT2D eigenvalue weighted by molar-refractivity contribution is 5.99. The molecule has 1 aromatic carbocycles. The molecule has 2 aromatic heterocycles. The van der Waals surface area contributed by atoms with Gasteiger partial charge < -0.3 is 5.32 Å². The van der Waals surface area contributed by atoms with E-state index >= 15 is 0 Å². The lowest BCUT2D eigenvalue weighted by Crippen LogP contribution is -2.04. The van der Waals surface area contributed by atoms with Crippen molar-refractivity contribution in [3.8, 4) is 11.3 Å². The van der Waals surface area contributed by atoms with Gasteiger partial charge in [-0.15, -0.1) is 10.2 Å². The number of nitrogens with one attached hydrogen (secondary N) is 1. The summed E-state index contributed by atoms with van der Waals surface area (Å²) in [5.41, 5.74) is 2.93. The highest BCUT2D eigenvalue weighted by atomic mass is 15.2. The molecular weight excluding hydrogens is 260 g/mol. The highest BCUT2D eigenvalue weighted by Crippen LogP contribution is 2.29. The SMILES string of the molecule is CCCNc1nnc(-c2ccnc(C)c2)c2ccccc12. The zero-order valence-corrected chi connectivity index (χ0v) is 12.3. The van der Waals surface area contributed by atoms with E-state index in [2.05, 4.69) is 39.6 Å². The average Bonchev–Trinajstić information content (AvgIpc) is 2.52. The molecule has 0 amide bonds. The van der Waals surface area contributed by atoms with Gasteiger partial charge in [0.05, 0.1) is 0 Å². The number of aryl methyl sites for hydroxylation is 1. The van der Waals surface area contributed by atoms with E-state index in [1.54, 1.807) is 0 Å². The Hall–Kier alpha value is -2.49. The largest absolute Gasteiger partial charge is 0.368 e. The van der Waals surface area contributed by atoms with Gasteiger partial charge in [0, 0.05) is 34.8 Å². The van der Waals surface area contributed by atoms with Crippen molar-refractivity contribution in [3.05, 3.63) is 48.3 Å². The second-order valence-electron chi connectivity index (χ2n) is 5.06. The fourth-order valence-electron chi connectivity index (χ4n) is 2.38. The first kappa shape index (κ1) is 13.5. The van der Waals surface area contributed by atoms with Crippen LogP contribution in [0.4, 0.5) is 5.82 Å². The third-order valence-electron chi connectivity index (χ3n) is 3.40. The van der Waals surface area contributed by atoms with E-state index in [0.717, 1.165) is 46.5 Å². The van der Waals surface area contributed by atoms with Crippen LogP contribution in [-0.2, 0) is 0 Å². The number of hydrogen-bond donors (Lipinski definition) is 1. The van der Waals surface area contributed by atoms with Crippen LogP contribution >= 0.6 is 0 Å². The molecule has 106 valence electrons. The van der Waals surface area contributed by atoms with E-state index < -0.39 is 0 Å². The number of anilines is 1. The maximum atomic E-state index is 4.43. The molecule has 0 bridgehead atoms. The minimum absolute atomic E-state index is 0.849. The van der Waals surface area contributed by atoms with Gasteiger partial charge >= 0.3 is 0 Å². The smallest absolute Gasteiger partial charge is 0.156 e. The maximum absolute atomic E-state index is 4.43. The van der Waals surface area contributed by atoms with Crippen molar-refractivity contribution in [3.63, 3.8) is 0 Å². The van der Waals surface area contributed by atoms with Gasteiger partial charge in [-0.25, -0.2) is 0 Å². The normalized spacial score (nSPS) is 10.8. The minimum atomic E-state index is 0.849. The molecular formula is C17H18N4. The Morgan fingerprint density at radius 3 is 2.62 bits per heavy atom. The Bertz CT molecular complexity index is 768. The van der Waals surface area contributed by atoms with Crippen molar-refractivity contribution in [2.75, 3.05) is 11.9 Å². The van der Waals surface area contributed by atoms with Gasteiger partial charge in [-0.05, 0) is 25.5 Å². The third-order valence-corrected chi connectivity index (χ3v) is 3.40. The fourth-order valence-corrected chi connectivity index (χ4v) is 2.38. The van der Waals surface area contributed by atoms with E-state index in [4.69, 9.17) is 0 Å². The van der Waals surface area contributed by atoms with Gasteiger partial charge in [-0.2, -0.15) is 0 Å². The first-order chi connectivity index (χ1) is 10.3. The molecule has 0 aliphatic carbocycles. The third kappa shape index (κ3) is 2.70. The molecule has 21 heavy (non-hydrogen) atoms. The molecule has 2 heterocycles. The number of hydrogen-bond acceptors (Lipinski definition) is 4. The van der Waals surface area contributed by atoms with Crippen LogP contribution in [0, 0.1) is 6.92 Å². The molecule has 0 aliphatic rings. The summed E-state index contributed by atoms with van der Waals surface area (Å²) in [5, 5.41) is 14.4. The van der Waals surface area contributed by atoms with E-state index in [1.165, 1.54) is 0 Å². The van der Waals surface area contributed by atoms with Gasteiger partial charge in [0.15, 0.2) is 5.82 Å². The van der Waals surface area contributed by atoms with Crippen LogP contribution in [0.5, 0.6) is 0 Å². The zero-order valence-electron chi connectivity index (χ0n) is 12.3. The Labute approximate surface area is 124 Å². The minimum Gasteiger partial charge on any atom is -0.368 e. The van der Waals surface area contributed by atoms with Crippen LogP contribution in [0.2, 0.25) is 0 Å². The van der Waals surface area contributed by atoms with E-state index in [0.29, 0.717) is 0 Å². The van der Waals surface area contributed by atoms with Crippen LogP contribution in [0.25, 0.3) is 22.0 Å². The first-order valence-electron chi connectivity index (χ1n) is 7.22. The number of fused-ring (bicyclic) bond motifs is 1. The molecule has 0 aliphatic heterocycles. The first-order valence-corrected chi connectivity index (χ1v) is 7.22. The molecule has 0 saturated heterocycles. The molecule has 0 spiro atoms. The van der Waals surface area contributed by atoms with Crippen LogP contribution < -0.4 is 5.32 Å². The summed E-state index contributed by atoms with van der Waals surface area (Å²) in [4.78, 5) is 4.24. The van der Waals surface area contributed by atoms with E-state index in [-0.39, 0.29) is 0 Å². The predicted octanol–water partition coefficient (Wildman–Crippen LogP) is 3.82. The van der Waals surface area contributed by atoms with Gasteiger partial charge in [0.1, 0.15) is 5.69 Å². The summed E-state index contributed by atoms with van der Waals surface area (Å²) in [6, 6.07) is 12.2. The maximum Gasteiger partial charge on any atom is 0.156 e. The summed E-state index contributed by atoms with van der Waals surface area (Å²) in [6.45, 7) is 5.01. The summed E-state index contributed by atoms with van der Waals surface area (Å²) < 4.78 is 0. The van der Waals surface area contributed by atoms with Crippen LogP contribution in [0.1, 0.15) is 19.0 Å². The second-order valence-corrected chi connectivity index (χ2v) is 5.06. The molecule has 3 rings (SSSR count). The van der Waals surface area contributed by atoms with Gasteiger partial charge in [0.25, 0.3) is 0 Å². The quantitative estimate of drug-likeness (QED) is 0.788. The number of rotatable bonds is 4. The summed E-state index contributed by atoms with van der Waals surface area (Å²) >= 11 is 0. The van der Waals surface area contributed by atoms with Crippen molar-refractivity contribution >= 4 is 16.6 Å². The van der Waals surface area contributed by atoms with Crippen molar-refractivity contribution in [2.24, 2.45) is 0 Å². The number of benzene rings is 1. The number of aromatic nitrogens is 3. The molecule has 3 aromatic rings. The van der Waals surface area contributed by atoms with E-state index in [9.17, 15) is 0 Å². The Kier molecular flexibility index (Phi) is 3.77. The number of nitrogens with zero attached hydrogens (tertiary/aromatic N) is 3. The predicted molar refractivity (Wildman–Crippen MR) is 86.3 cm³/mol. The standard InChI is InChI=1S/C17H18N4/c1-3-9-19-17-15-7-5-4-6-14(15)16(20-21-17)13-8-10-18-12(2)11-13/h4-8,10-11H,3,9H2,1-2H3,(H,19,21). The van der Waals surface area contributed by atoms with Crippen molar-refractivity contribution < 1.29 is 0 Å². The van der Waals surface area contributed by atoms with Crippen LogP contribution in [0.3, 0.4) is 0 Å². The highest BCUT2D eigenvalue weighted by Gasteiger charge is 2.10. The average molecular weight is 278 g/mol. The fraction of sp³-hybridized carbons (Fsp3) is 0.235. The Morgan fingerprint density at radius 1 is 1.05 bits per heavy atom. The van der Waals surface area contributed by atoms with Crippen molar-refractivity contribution in [1.29, 1.82) is 0 Å². The molecule has 0 unspecified atom stereocenters. The monoisotopic (exact) mass is 278 g/mol. The van der Waals surface area contributed by atoms with Crippen molar-refractivity contribution in [2.45, 2.75) is 20.3 Å². The lowest BCUT2D eigenvalue weighted by Gasteiger charge is -2.10. The topological polar surface area (TPSA) is 50.7 Å². The van der Waals surface area contributed by atoms with Crippen molar-refractivity contribution in [1.82, 2.24) is 15.2 Å². The lowest BCUT2D eigenvalue weighted by molar-refractivity contribution is 0.952. The second kappa shape index (κ2) is 5.87. The van der Waals surface area contributed by atoms with Crippen LogP contribution in [0.15, 0.2) is 42.6 Å². The molecule has 4 nitrogen and oxygen atoms in total. The molecule has 0 fully saturated rings. The Balaban J connectivity index is 2.17. The molecule has 0 atom stereocenters. The van der Waals surface area contributed by atoms with Gasteiger partial charge in [-0.1, -0.05) is 31.2 Å². The molecule has 0 saturated carbocycles. The molecule has 4 heteroatoms. The van der Waals surface area contributed by atoms with Gasteiger partial charge in [0.2, 0.25) is 0 Å². The van der Waals surface area contributed by atoms with Gasteiger partial charge in [-0.3, -0.25) is 4.98 Å². The van der Waals surface area contributed by atoms with Crippen LogP contribution in [-0.4, -0.2) is 21.7 Å².